The minimum absolute atomic E-state index is 0.308. The van der Waals surface area contributed by atoms with E-state index in [0.29, 0.717) is 29.5 Å². The number of para-hydroxylation sites is 1. The number of hydrogen-bond acceptors (Lipinski definition) is 6. The third-order valence-corrected chi connectivity index (χ3v) is 3.67. The smallest absolute Gasteiger partial charge is 0.347 e. The molecule has 0 saturated carbocycles. The molecular formula is C18H20N4O3. The van der Waals surface area contributed by atoms with Crippen molar-refractivity contribution >= 4 is 22.7 Å². The van der Waals surface area contributed by atoms with Crippen molar-refractivity contribution in [2.75, 3.05) is 12.3 Å². The predicted octanol–water partition coefficient (Wildman–Crippen LogP) is 2.64. The lowest BCUT2D eigenvalue weighted by atomic mass is 10.2. The van der Waals surface area contributed by atoms with Crippen LogP contribution in [-0.2, 0) is 9.53 Å². The van der Waals surface area contributed by atoms with Crippen LogP contribution in [0.25, 0.3) is 16.7 Å². The molecule has 1 aromatic carbocycles. The molecule has 0 aliphatic carbocycles. The second kappa shape index (κ2) is 6.80. The number of nitrogen functional groups attached to an aromatic ring is 1. The first kappa shape index (κ1) is 16.8. The van der Waals surface area contributed by atoms with Crippen LogP contribution >= 0.6 is 0 Å². The standard InChI is InChI=1S/C18H20N4O3/c1-4-24-18(23)12(3)25-14-7-5-6-13-8-9-16(20-17(13)14)22-15(19)10-11(2)21-22/h5-10,12H,4,19H2,1-3H3. The van der Waals surface area contributed by atoms with Gasteiger partial charge in [0.25, 0.3) is 0 Å². The first-order valence-electron chi connectivity index (χ1n) is 8.05. The topological polar surface area (TPSA) is 92.3 Å². The Balaban J connectivity index is 2.00. The largest absolute Gasteiger partial charge is 0.477 e. The molecule has 0 bridgehead atoms. The van der Waals surface area contributed by atoms with Gasteiger partial charge in [-0.25, -0.2) is 9.78 Å². The second-order valence-electron chi connectivity index (χ2n) is 5.63. The van der Waals surface area contributed by atoms with Crippen molar-refractivity contribution in [2.45, 2.75) is 26.9 Å². The quantitative estimate of drug-likeness (QED) is 0.718. The molecule has 2 heterocycles. The Morgan fingerprint density at radius 1 is 1.32 bits per heavy atom. The minimum Gasteiger partial charge on any atom is -0.477 e. The van der Waals surface area contributed by atoms with Crippen LogP contribution in [0.5, 0.6) is 5.75 Å². The molecule has 7 nitrogen and oxygen atoms in total. The summed E-state index contributed by atoms with van der Waals surface area (Å²) in [6, 6.07) is 11.1. The maximum Gasteiger partial charge on any atom is 0.347 e. The van der Waals surface area contributed by atoms with E-state index < -0.39 is 12.1 Å². The maximum absolute atomic E-state index is 11.8. The Bertz CT molecular complexity index is 920. The van der Waals surface area contributed by atoms with Crippen molar-refractivity contribution in [1.29, 1.82) is 0 Å². The van der Waals surface area contributed by atoms with E-state index in [9.17, 15) is 4.79 Å². The summed E-state index contributed by atoms with van der Waals surface area (Å²) in [6.45, 7) is 5.58. The van der Waals surface area contributed by atoms with E-state index in [4.69, 9.17) is 15.2 Å². The van der Waals surface area contributed by atoms with Gasteiger partial charge in [-0.05, 0) is 39.0 Å². The van der Waals surface area contributed by atoms with E-state index in [-0.39, 0.29) is 0 Å². The average molecular weight is 340 g/mol. The number of pyridine rings is 1. The summed E-state index contributed by atoms with van der Waals surface area (Å²) in [7, 11) is 0. The number of carbonyl (C=O) groups excluding carboxylic acids is 1. The van der Waals surface area contributed by atoms with Crippen molar-refractivity contribution in [2.24, 2.45) is 0 Å². The minimum atomic E-state index is -0.729. The van der Waals surface area contributed by atoms with Crippen LogP contribution in [0.3, 0.4) is 0 Å². The van der Waals surface area contributed by atoms with Gasteiger partial charge < -0.3 is 15.2 Å². The van der Waals surface area contributed by atoms with Gasteiger partial charge in [-0.3, -0.25) is 0 Å². The molecule has 130 valence electrons. The van der Waals surface area contributed by atoms with E-state index in [1.54, 1.807) is 30.7 Å². The number of esters is 1. The number of aromatic nitrogens is 3. The van der Waals surface area contributed by atoms with Crippen LogP contribution in [-0.4, -0.2) is 33.4 Å². The van der Waals surface area contributed by atoms with Crippen LogP contribution < -0.4 is 10.5 Å². The molecule has 0 radical (unpaired) electrons. The Morgan fingerprint density at radius 3 is 2.80 bits per heavy atom. The highest BCUT2D eigenvalue weighted by molar-refractivity contribution is 5.86. The number of nitrogens with two attached hydrogens (primary N) is 1. The second-order valence-corrected chi connectivity index (χ2v) is 5.63. The average Bonchev–Trinajstić information content (AvgIpc) is 2.93. The van der Waals surface area contributed by atoms with Crippen molar-refractivity contribution in [3.63, 3.8) is 0 Å². The van der Waals surface area contributed by atoms with Gasteiger partial charge in [0.1, 0.15) is 17.1 Å². The van der Waals surface area contributed by atoms with Gasteiger partial charge in [0, 0.05) is 11.5 Å². The number of fused-ring (bicyclic) bond motifs is 1. The van der Waals surface area contributed by atoms with Crippen LogP contribution in [0.15, 0.2) is 36.4 Å². The molecule has 0 aliphatic rings. The van der Waals surface area contributed by atoms with Gasteiger partial charge in [0.15, 0.2) is 11.9 Å². The van der Waals surface area contributed by atoms with E-state index in [2.05, 4.69) is 10.1 Å². The summed E-state index contributed by atoms with van der Waals surface area (Å²) < 4.78 is 12.3. The van der Waals surface area contributed by atoms with E-state index in [0.717, 1.165) is 11.1 Å². The Labute approximate surface area is 145 Å². The first-order chi connectivity index (χ1) is 12.0. The van der Waals surface area contributed by atoms with Gasteiger partial charge in [0.2, 0.25) is 0 Å². The molecule has 0 amide bonds. The molecule has 0 spiro atoms. The molecular weight excluding hydrogens is 320 g/mol. The van der Waals surface area contributed by atoms with Crippen molar-refractivity contribution in [3.05, 3.63) is 42.1 Å². The van der Waals surface area contributed by atoms with Gasteiger partial charge in [-0.15, -0.1) is 0 Å². The SMILES string of the molecule is CCOC(=O)C(C)Oc1cccc2ccc(-n3nc(C)cc3N)nc12. The lowest BCUT2D eigenvalue weighted by Gasteiger charge is -2.15. The van der Waals surface area contributed by atoms with Crippen molar-refractivity contribution in [1.82, 2.24) is 14.8 Å². The number of aryl methyl sites for hydroxylation is 1. The fraction of sp³-hybridized carbons (Fsp3) is 0.278. The Kier molecular flexibility index (Phi) is 4.56. The number of nitrogens with zero attached hydrogens (tertiary/aromatic N) is 3. The summed E-state index contributed by atoms with van der Waals surface area (Å²) in [5.74, 6) is 1.17. The number of carbonyl (C=O) groups is 1. The molecule has 0 saturated heterocycles. The maximum atomic E-state index is 11.8. The van der Waals surface area contributed by atoms with E-state index in [1.165, 1.54) is 0 Å². The van der Waals surface area contributed by atoms with Crippen molar-refractivity contribution < 1.29 is 14.3 Å². The van der Waals surface area contributed by atoms with Crippen LogP contribution in [0.1, 0.15) is 19.5 Å². The predicted molar refractivity (Wildman–Crippen MR) is 94.7 cm³/mol. The molecule has 2 aromatic heterocycles. The lowest BCUT2D eigenvalue weighted by Crippen LogP contribution is -2.26. The van der Waals surface area contributed by atoms with Crippen molar-refractivity contribution in [3.8, 4) is 11.6 Å². The lowest BCUT2D eigenvalue weighted by molar-refractivity contribution is -0.150. The molecule has 25 heavy (non-hydrogen) atoms. The number of ether oxygens (including phenoxy) is 2. The number of rotatable bonds is 5. The van der Waals surface area contributed by atoms with Gasteiger partial charge >= 0.3 is 5.97 Å². The zero-order chi connectivity index (χ0) is 18.0. The monoisotopic (exact) mass is 340 g/mol. The van der Waals surface area contributed by atoms with E-state index >= 15 is 0 Å². The van der Waals surface area contributed by atoms with Crippen LogP contribution in [0.4, 0.5) is 5.82 Å². The fourth-order valence-corrected chi connectivity index (χ4v) is 2.52. The molecule has 3 aromatic rings. The number of benzene rings is 1. The van der Waals surface area contributed by atoms with Crippen LogP contribution in [0, 0.1) is 6.92 Å². The molecule has 1 atom stereocenters. The molecule has 3 rings (SSSR count). The molecule has 0 aliphatic heterocycles. The molecule has 0 fully saturated rings. The van der Waals surface area contributed by atoms with Crippen LogP contribution in [0.2, 0.25) is 0 Å². The highest BCUT2D eigenvalue weighted by Gasteiger charge is 2.18. The summed E-state index contributed by atoms with van der Waals surface area (Å²) >= 11 is 0. The normalized spacial score (nSPS) is 12.1. The van der Waals surface area contributed by atoms with Gasteiger partial charge in [0.05, 0.1) is 12.3 Å². The molecule has 2 N–H and O–H groups in total. The summed E-state index contributed by atoms with van der Waals surface area (Å²) in [4.78, 5) is 16.4. The Hall–Kier alpha value is -3.09. The highest BCUT2D eigenvalue weighted by Crippen LogP contribution is 2.26. The molecule has 7 heteroatoms. The van der Waals surface area contributed by atoms with E-state index in [1.807, 2.05) is 31.2 Å². The third kappa shape index (κ3) is 3.40. The Morgan fingerprint density at radius 2 is 2.12 bits per heavy atom. The number of hydrogen-bond donors (Lipinski definition) is 1. The zero-order valence-corrected chi connectivity index (χ0v) is 14.4. The number of anilines is 1. The highest BCUT2D eigenvalue weighted by atomic mass is 16.6. The fourth-order valence-electron chi connectivity index (χ4n) is 2.52. The molecule has 1 unspecified atom stereocenters. The summed E-state index contributed by atoms with van der Waals surface area (Å²) in [6.07, 6.45) is -0.729. The summed E-state index contributed by atoms with van der Waals surface area (Å²) in [5, 5.41) is 5.23. The summed E-state index contributed by atoms with van der Waals surface area (Å²) in [5.41, 5.74) is 7.41. The first-order valence-corrected chi connectivity index (χ1v) is 8.05. The van der Waals surface area contributed by atoms with Gasteiger partial charge in [-0.2, -0.15) is 9.78 Å². The third-order valence-electron chi connectivity index (χ3n) is 3.67. The zero-order valence-electron chi connectivity index (χ0n) is 14.4. The van der Waals surface area contributed by atoms with Gasteiger partial charge in [-0.1, -0.05) is 12.1 Å².